The molecule has 1 amide bonds. The molecule has 1 saturated heterocycles. The van der Waals surface area contributed by atoms with Gasteiger partial charge in [0.15, 0.2) is 10.7 Å². The van der Waals surface area contributed by atoms with E-state index in [1.807, 2.05) is 0 Å². The van der Waals surface area contributed by atoms with Crippen molar-refractivity contribution in [2.24, 2.45) is 0 Å². The highest BCUT2D eigenvalue weighted by Gasteiger charge is 2.25. The molecule has 0 aromatic rings. The van der Waals surface area contributed by atoms with Gasteiger partial charge < -0.3 is 5.32 Å². The third-order valence-electron chi connectivity index (χ3n) is 1.58. The summed E-state index contributed by atoms with van der Waals surface area (Å²) in [5.74, 6) is 0.104. The number of rotatable bonds is 4. The Morgan fingerprint density at radius 3 is 2.64 bits per heavy atom. The molecule has 1 rings (SSSR count). The fourth-order valence-corrected chi connectivity index (χ4v) is 1.61. The summed E-state index contributed by atoms with van der Waals surface area (Å²) >= 11 is 0. The van der Waals surface area contributed by atoms with Gasteiger partial charge in [0.05, 0.1) is 11.9 Å². The van der Waals surface area contributed by atoms with E-state index < -0.39 is 10.7 Å². The van der Waals surface area contributed by atoms with Crippen LogP contribution in [0.4, 0.5) is 0 Å². The van der Waals surface area contributed by atoms with Crippen LogP contribution in [-0.2, 0) is 15.5 Å². The van der Waals surface area contributed by atoms with Gasteiger partial charge in [0, 0.05) is 13.1 Å². The normalized spacial score (nSPS) is 19.7. The van der Waals surface area contributed by atoms with E-state index in [2.05, 4.69) is 5.32 Å². The Labute approximate surface area is 66.3 Å². The maximum absolute atomic E-state index is 10.2. The van der Waals surface area contributed by atoms with Gasteiger partial charge in [-0.25, -0.2) is 8.42 Å². The van der Waals surface area contributed by atoms with Crippen molar-refractivity contribution in [3.63, 3.8) is 0 Å². The summed E-state index contributed by atoms with van der Waals surface area (Å²) in [6.07, 6.45) is 0.638. The van der Waals surface area contributed by atoms with Crippen molar-refractivity contribution in [1.82, 2.24) is 10.2 Å². The van der Waals surface area contributed by atoms with E-state index in [9.17, 15) is 13.2 Å². The summed E-state index contributed by atoms with van der Waals surface area (Å²) in [5, 5.41) is 2.57. The van der Waals surface area contributed by atoms with Gasteiger partial charge in [0.1, 0.15) is 0 Å². The zero-order valence-electron chi connectivity index (χ0n) is 5.90. The summed E-state index contributed by atoms with van der Waals surface area (Å²) in [6.45, 7) is 1.28. The average molecular weight is 178 g/mol. The SMILES string of the molecule is O=CNC1CN(C[SH](=O)=O)C1. The van der Waals surface area contributed by atoms with Gasteiger partial charge in [0.2, 0.25) is 6.41 Å². The molecule has 1 N–H and O–H groups in total. The highest BCUT2D eigenvalue weighted by Crippen LogP contribution is 2.05. The number of carbonyl (C=O) groups excluding carboxylic acids is 1. The Morgan fingerprint density at radius 2 is 2.18 bits per heavy atom. The van der Waals surface area contributed by atoms with E-state index in [4.69, 9.17) is 0 Å². The maximum atomic E-state index is 10.2. The van der Waals surface area contributed by atoms with Crippen molar-refractivity contribution in [3.05, 3.63) is 0 Å². The zero-order chi connectivity index (χ0) is 8.27. The number of nitrogens with one attached hydrogen (secondary N) is 1. The van der Waals surface area contributed by atoms with Gasteiger partial charge in [0.25, 0.3) is 0 Å². The smallest absolute Gasteiger partial charge is 0.207 e. The Morgan fingerprint density at radius 1 is 1.55 bits per heavy atom. The number of hydrogen-bond acceptors (Lipinski definition) is 4. The summed E-state index contributed by atoms with van der Waals surface area (Å²) in [5.41, 5.74) is 0. The number of thiol groups is 1. The topological polar surface area (TPSA) is 66.5 Å². The summed E-state index contributed by atoms with van der Waals surface area (Å²) in [7, 11) is -2.31. The van der Waals surface area contributed by atoms with E-state index in [1.54, 1.807) is 4.90 Å². The molecule has 1 fully saturated rings. The first-order chi connectivity index (χ1) is 5.22. The molecule has 5 nitrogen and oxygen atoms in total. The van der Waals surface area contributed by atoms with Gasteiger partial charge in [-0.15, -0.1) is 0 Å². The predicted octanol–water partition coefficient (Wildman–Crippen LogP) is -2.01. The molecule has 0 aromatic carbocycles. The lowest BCUT2D eigenvalue weighted by molar-refractivity contribution is -0.111. The molecule has 1 aliphatic heterocycles. The molecule has 0 radical (unpaired) electrons. The second kappa shape index (κ2) is 3.68. The van der Waals surface area contributed by atoms with Crippen LogP contribution in [0.25, 0.3) is 0 Å². The highest BCUT2D eigenvalue weighted by molar-refractivity contribution is 7.72. The van der Waals surface area contributed by atoms with Crippen LogP contribution in [0, 0.1) is 0 Å². The number of amides is 1. The molecule has 0 saturated carbocycles. The highest BCUT2D eigenvalue weighted by atomic mass is 32.2. The first-order valence-corrected chi connectivity index (χ1v) is 4.62. The van der Waals surface area contributed by atoms with E-state index in [1.165, 1.54) is 0 Å². The third-order valence-corrected chi connectivity index (χ3v) is 2.21. The molecule has 1 aliphatic rings. The first kappa shape index (κ1) is 8.48. The fourth-order valence-electron chi connectivity index (χ4n) is 1.05. The number of carbonyl (C=O) groups is 1. The minimum Gasteiger partial charge on any atom is -0.353 e. The molecule has 0 aliphatic carbocycles. The van der Waals surface area contributed by atoms with Crippen LogP contribution in [-0.4, -0.2) is 44.7 Å². The quantitative estimate of drug-likeness (QED) is 0.385. The molecule has 0 spiro atoms. The van der Waals surface area contributed by atoms with Crippen LogP contribution in [0.5, 0.6) is 0 Å². The molecule has 64 valence electrons. The van der Waals surface area contributed by atoms with E-state index in [-0.39, 0.29) is 11.9 Å². The Bertz CT molecular complexity index is 202. The average Bonchev–Trinajstić information content (AvgIpc) is 1.82. The van der Waals surface area contributed by atoms with Crippen molar-refractivity contribution in [2.45, 2.75) is 6.04 Å². The van der Waals surface area contributed by atoms with Gasteiger partial charge >= 0.3 is 0 Å². The summed E-state index contributed by atoms with van der Waals surface area (Å²) in [4.78, 5) is 11.6. The Kier molecular flexibility index (Phi) is 2.84. The Hall–Kier alpha value is -0.620. The van der Waals surface area contributed by atoms with Crippen molar-refractivity contribution in [2.75, 3.05) is 19.0 Å². The van der Waals surface area contributed by atoms with E-state index >= 15 is 0 Å². The van der Waals surface area contributed by atoms with Gasteiger partial charge in [-0.05, 0) is 0 Å². The van der Waals surface area contributed by atoms with Crippen LogP contribution < -0.4 is 5.32 Å². The molecular formula is C5H10N2O3S. The lowest BCUT2D eigenvalue weighted by atomic mass is 10.1. The van der Waals surface area contributed by atoms with Crippen molar-refractivity contribution < 1.29 is 13.2 Å². The Balaban J connectivity index is 2.13. The van der Waals surface area contributed by atoms with E-state index in [0.29, 0.717) is 19.5 Å². The lowest BCUT2D eigenvalue weighted by Gasteiger charge is -2.37. The standard InChI is InChI=1S/C5H10N2O3S/c8-3-6-5-1-7(2-5)4-11(9)10/h3,5,11H,1-2,4H2,(H,6,8). The second-order valence-electron chi connectivity index (χ2n) is 2.49. The summed E-state index contributed by atoms with van der Waals surface area (Å²) in [6, 6.07) is 0.141. The maximum Gasteiger partial charge on any atom is 0.207 e. The molecule has 0 aromatic heterocycles. The monoisotopic (exact) mass is 178 g/mol. The van der Waals surface area contributed by atoms with Gasteiger partial charge in [-0.1, -0.05) is 0 Å². The predicted molar refractivity (Wildman–Crippen MR) is 39.7 cm³/mol. The van der Waals surface area contributed by atoms with Crippen LogP contribution in [0.3, 0.4) is 0 Å². The van der Waals surface area contributed by atoms with E-state index in [0.717, 1.165) is 0 Å². The van der Waals surface area contributed by atoms with Crippen LogP contribution >= 0.6 is 0 Å². The molecule has 0 atom stereocenters. The van der Waals surface area contributed by atoms with Gasteiger partial charge in [-0.3, -0.25) is 9.69 Å². The molecule has 0 bridgehead atoms. The second-order valence-corrected chi connectivity index (χ2v) is 3.44. The first-order valence-electron chi connectivity index (χ1n) is 3.26. The molecule has 0 unspecified atom stereocenters. The number of likely N-dealkylation sites (tertiary alicyclic amines) is 1. The third kappa shape index (κ3) is 2.47. The minimum absolute atomic E-state index is 0.104. The van der Waals surface area contributed by atoms with Crippen LogP contribution in [0.1, 0.15) is 0 Å². The van der Waals surface area contributed by atoms with Crippen LogP contribution in [0.15, 0.2) is 0 Å². The summed E-state index contributed by atoms with van der Waals surface area (Å²) < 4.78 is 20.3. The molecule has 11 heavy (non-hydrogen) atoms. The molecular weight excluding hydrogens is 168 g/mol. The van der Waals surface area contributed by atoms with Crippen molar-refractivity contribution >= 4 is 17.1 Å². The zero-order valence-corrected chi connectivity index (χ0v) is 6.79. The molecule has 6 heteroatoms. The molecule has 1 heterocycles. The number of hydrogen-bond donors (Lipinski definition) is 2. The largest absolute Gasteiger partial charge is 0.353 e. The van der Waals surface area contributed by atoms with Crippen LogP contribution in [0.2, 0.25) is 0 Å². The minimum atomic E-state index is -2.31. The van der Waals surface area contributed by atoms with Gasteiger partial charge in [-0.2, -0.15) is 0 Å². The number of nitrogens with zero attached hydrogens (tertiary/aromatic N) is 1. The fraction of sp³-hybridized carbons (Fsp3) is 0.800. The van der Waals surface area contributed by atoms with Crippen molar-refractivity contribution in [3.8, 4) is 0 Å². The van der Waals surface area contributed by atoms with Crippen molar-refractivity contribution in [1.29, 1.82) is 0 Å². The lowest BCUT2D eigenvalue weighted by Crippen LogP contribution is -2.57.